The third-order valence-corrected chi connectivity index (χ3v) is 3.92. The molecule has 1 N–H and O–H groups in total. The van der Waals surface area contributed by atoms with Gasteiger partial charge in [-0.2, -0.15) is 13.2 Å². The summed E-state index contributed by atoms with van der Waals surface area (Å²) in [5.74, 6) is 0. The molecule has 0 aromatic carbocycles. The van der Waals surface area contributed by atoms with Gasteiger partial charge in [0.2, 0.25) is 0 Å². The van der Waals surface area contributed by atoms with E-state index in [-0.39, 0.29) is 24.8 Å². The number of pyridine rings is 1. The molecule has 0 spiro atoms. The second kappa shape index (κ2) is 8.19. The molecule has 110 valence electrons. The molecule has 2 nitrogen and oxygen atoms in total. The molecule has 19 heavy (non-hydrogen) atoms. The predicted octanol–water partition coefficient (Wildman–Crippen LogP) is 3.79. The molecule has 1 aromatic rings. The van der Waals surface area contributed by atoms with Crippen molar-refractivity contribution in [2.24, 2.45) is 0 Å². The maximum atomic E-state index is 12.3. The van der Waals surface area contributed by atoms with E-state index in [0.717, 1.165) is 38.2 Å². The molecule has 0 atom stereocenters. The highest BCUT2D eigenvalue weighted by molar-refractivity contribution is 7.99. The third-order valence-electron chi connectivity index (χ3n) is 2.64. The van der Waals surface area contributed by atoms with Gasteiger partial charge in [0, 0.05) is 11.4 Å². The SMILES string of the molecule is Cl.Cl.FC(F)(F)c1ccc(SC2CCNCC2)nc1. The number of nitrogens with zero attached hydrogens (tertiary/aromatic N) is 1. The number of aromatic nitrogens is 1. The highest BCUT2D eigenvalue weighted by Crippen LogP contribution is 2.31. The second-order valence-electron chi connectivity index (χ2n) is 3.95. The molecule has 2 rings (SSSR count). The van der Waals surface area contributed by atoms with Gasteiger partial charge < -0.3 is 5.32 Å². The van der Waals surface area contributed by atoms with Crippen LogP contribution in [0, 0.1) is 0 Å². The standard InChI is InChI=1S/C11H13F3N2S.2ClH/c12-11(13,14)8-1-2-10(16-7-8)17-9-3-5-15-6-4-9;;/h1-2,7,9,15H,3-6H2;2*1H. The van der Waals surface area contributed by atoms with Crippen LogP contribution in [0.3, 0.4) is 0 Å². The Bertz CT molecular complexity index is 367. The lowest BCUT2D eigenvalue weighted by atomic mass is 10.2. The third kappa shape index (κ3) is 5.77. The van der Waals surface area contributed by atoms with E-state index in [1.54, 1.807) is 11.8 Å². The Morgan fingerprint density at radius 2 is 1.79 bits per heavy atom. The van der Waals surface area contributed by atoms with Crippen molar-refractivity contribution in [1.29, 1.82) is 0 Å². The maximum Gasteiger partial charge on any atom is 0.417 e. The van der Waals surface area contributed by atoms with Crippen molar-refractivity contribution < 1.29 is 13.2 Å². The van der Waals surface area contributed by atoms with Crippen molar-refractivity contribution in [3.8, 4) is 0 Å². The van der Waals surface area contributed by atoms with Crippen LogP contribution in [0.5, 0.6) is 0 Å². The van der Waals surface area contributed by atoms with E-state index in [1.165, 1.54) is 6.07 Å². The zero-order valence-corrected chi connectivity index (χ0v) is 12.4. The summed E-state index contributed by atoms with van der Waals surface area (Å²) in [5.41, 5.74) is -0.688. The average molecular weight is 335 g/mol. The van der Waals surface area contributed by atoms with Gasteiger partial charge in [-0.05, 0) is 38.1 Å². The van der Waals surface area contributed by atoms with Crippen LogP contribution < -0.4 is 5.32 Å². The van der Waals surface area contributed by atoms with E-state index in [1.807, 2.05) is 0 Å². The van der Waals surface area contributed by atoms with E-state index >= 15 is 0 Å². The maximum absolute atomic E-state index is 12.3. The highest BCUT2D eigenvalue weighted by atomic mass is 35.5. The van der Waals surface area contributed by atoms with Gasteiger partial charge in [0.05, 0.1) is 10.6 Å². The zero-order chi connectivity index (χ0) is 12.3. The number of alkyl halides is 3. The largest absolute Gasteiger partial charge is 0.417 e. The van der Waals surface area contributed by atoms with Gasteiger partial charge in [0.15, 0.2) is 0 Å². The summed E-state index contributed by atoms with van der Waals surface area (Å²) in [6.45, 7) is 1.94. The monoisotopic (exact) mass is 334 g/mol. The number of hydrogen-bond donors (Lipinski definition) is 1. The predicted molar refractivity (Wildman–Crippen MR) is 75.5 cm³/mol. The summed E-state index contributed by atoms with van der Waals surface area (Å²) in [4.78, 5) is 3.86. The summed E-state index contributed by atoms with van der Waals surface area (Å²) in [6, 6.07) is 2.55. The van der Waals surface area contributed by atoms with Crippen LogP contribution in [-0.2, 0) is 6.18 Å². The first-order valence-corrected chi connectivity index (χ1v) is 6.34. The lowest BCUT2D eigenvalue weighted by Crippen LogP contribution is -2.29. The van der Waals surface area contributed by atoms with Crippen LogP contribution in [0.25, 0.3) is 0 Å². The minimum Gasteiger partial charge on any atom is -0.317 e. The fourth-order valence-corrected chi connectivity index (χ4v) is 2.77. The normalized spacial score (nSPS) is 16.4. The fourth-order valence-electron chi connectivity index (χ4n) is 1.70. The lowest BCUT2D eigenvalue weighted by molar-refractivity contribution is -0.137. The first-order chi connectivity index (χ1) is 8.05. The van der Waals surface area contributed by atoms with Gasteiger partial charge in [-0.15, -0.1) is 36.6 Å². The summed E-state index contributed by atoms with van der Waals surface area (Å²) in [5, 5.41) is 4.38. The van der Waals surface area contributed by atoms with Gasteiger partial charge in [0.25, 0.3) is 0 Å². The van der Waals surface area contributed by atoms with Crippen LogP contribution in [-0.4, -0.2) is 23.3 Å². The first-order valence-electron chi connectivity index (χ1n) is 5.46. The fraction of sp³-hybridized carbons (Fsp3) is 0.545. The minimum absolute atomic E-state index is 0. The molecule has 8 heteroatoms. The Balaban J connectivity index is 0.00000162. The van der Waals surface area contributed by atoms with Crippen LogP contribution in [0.4, 0.5) is 13.2 Å². The van der Waals surface area contributed by atoms with E-state index in [2.05, 4.69) is 10.3 Å². The summed E-state index contributed by atoms with van der Waals surface area (Å²) in [6.07, 6.45) is -1.32. The van der Waals surface area contributed by atoms with E-state index in [9.17, 15) is 13.2 Å². The van der Waals surface area contributed by atoms with Gasteiger partial charge in [0.1, 0.15) is 0 Å². The van der Waals surface area contributed by atoms with Crippen LogP contribution in [0.1, 0.15) is 18.4 Å². The molecule has 0 amide bonds. The number of thioether (sulfide) groups is 1. The minimum atomic E-state index is -4.30. The van der Waals surface area contributed by atoms with E-state index in [4.69, 9.17) is 0 Å². The van der Waals surface area contributed by atoms with Crippen LogP contribution in [0.2, 0.25) is 0 Å². The van der Waals surface area contributed by atoms with Gasteiger partial charge in [-0.3, -0.25) is 0 Å². The number of halogens is 5. The molecular weight excluding hydrogens is 320 g/mol. The van der Waals surface area contributed by atoms with Crippen molar-refractivity contribution >= 4 is 36.6 Å². The smallest absolute Gasteiger partial charge is 0.317 e. The Morgan fingerprint density at radius 1 is 1.16 bits per heavy atom. The number of hydrogen-bond acceptors (Lipinski definition) is 3. The molecular formula is C11H15Cl2F3N2S. The average Bonchev–Trinajstić information content (AvgIpc) is 2.30. The highest BCUT2D eigenvalue weighted by Gasteiger charge is 2.30. The van der Waals surface area contributed by atoms with Crippen molar-refractivity contribution in [3.63, 3.8) is 0 Å². The Morgan fingerprint density at radius 3 is 2.26 bits per heavy atom. The van der Waals surface area contributed by atoms with Gasteiger partial charge in [-0.25, -0.2) is 4.98 Å². The molecule has 1 aliphatic heterocycles. The Hall–Kier alpha value is -0.170. The van der Waals surface area contributed by atoms with Crippen LogP contribution >= 0.6 is 36.6 Å². The zero-order valence-electron chi connectivity index (χ0n) is 9.94. The second-order valence-corrected chi connectivity index (χ2v) is 5.27. The molecule has 2 heterocycles. The Labute approximate surface area is 126 Å². The van der Waals surface area contributed by atoms with Crippen molar-refractivity contribution in [1.82, 2.24) is 10.3 Å². The molecule has 0 aliphatic carbocycles. The van der Waals surface area contributed by atoms with Crippen LogP contribution in [0.15, 0.2) is 23.4 Å². The molecule has 0 unspecified atom stereocenters. The molecule has 1 saturated heterocycles. The topological polar surface area (TPSA) is 24.9 Å². The van der Waals surface area contributed by atoms with E-state index in [0.29, 0.717) is 10.3 Å². The number of rotatable bonds is 2. The van der Waals surface area contributed by atoms with Gasteiger partial charge >= 0.3 is 6.18 Å². The quantitative estimate of drug-likeness (QED) is 0.890. The molecule has 1 fully saturated rings. The number of piperidine rings is 1. The van der Waals surface area contributed by atoms with Crippen molar-refractivity contribution in [2.75, 3.05) is 13.1 Å². The van der Waals surface area contributed by atoms with Crippen molar-refractivity contribution in [2.45, 2.75) is 29.3 Å². The molecule has 0 bridgehead atoms. The molecule has 0 radical (unpaired) electrons. The molecule has 1 aliphatic rings. The lowest BCUT2D eigenvalue weighted by Gasteiger charge is -2.21. The van der Waals surface area contributed by atoms with Crippen molar-refractivity contribution in [3.05, 3.63) is 23.9 Å². The summed E-state index contributed by atoms with van der Waals surface area (Å²) in [7, 11) is 0. The summed E-state index contributed by atoms with van der Waals surface area (Å²) >= 11 is 1.57. The Kier molecular flexibility index (Phi) is 8.12. The molecule has 1 aromatic heterocycles. The number of nitrogens with one attached hydrogen (secondary N) is 1. The summed E-state index contributed by atoms with van der Waals surface area (Å²) < 4.78 is 37.0. The first kappa shape index (κ1) is 18.8. The molecule has 0 saturated carbocycles. The van der Waals surface area contributed by atoms with Gasteiger partial charge in [-0.1, -0.05) is 0 Å². The van der Waals surface area contributed by atoms with E-state index < -0.39 is 11.7 Å².